The normalized spacial score (nSPS) is 21.3. The van der Waals surface area contributed by atoms with Crippen LogP contribution < -0.4 is 10.6 Å². The topological polar surface area (TPSA) is 58.2 Å². The molecule has 2 N–H and O–H groups in total. The molecular formula is C26H24Cl2N2O2. The molecule has 0 saturated carbocycles. The number of piperidine rings is 1. The van der Waals surface area contributed by atoms with Gasteiger partial charge in [-0.05, 0) is 61.2 Å². The molecule has 1 fully saturated rings. The molecule has 1 saturated heterocycles. The number of nitrogens with one attached hydrogen (secondary N) is 2. The molecule has 3 aromatic rings. The molecular weight excluding hydrogens is 443 g/mol. The number of fused-ring (bicyclic) bond motifs is 2. The van der Waals surface area contributed by atoms with Crippen LogP contribution >= 0.6 is 23.2 Å². The van der Waals surface area contributed by atoms with E-state index in [1.54, 1.807) is 12.1 Å². The van der Waals surface area contributed by atoms with Crippen molar-refractivity contribution in [1.82, 2.24) is 5.32 Å². The summed E-state index contributed by atoms with van der Waals surface area (Å²) in [5.74, 6) is -0.0950. The van der Waals surface area contributed by atoms with Gasteiger partial charge in [0.15, 0.2) is 0 Å². The van der Waals surface area contributed by atoms with Gasteiger partial charge in [0.1, 0.15) is 5.41 Å². The molecule has 2 atom stereocenters. The highest BCUT2D eigenvalue weighted by molar-refractivity contribution is 6.31. The maximum absolute atomic E-state index is 13.1. The molecule has 0 radical (unpaired) electrons. The molecule has 0 aliphatic carbocycles. The van der Waals surface area contributed by atoms with E-state index >= 15 is 0 Å². The SMILES string of the molecule is Cc1ccc(C)c(C2NC(=O)CCC23C(=O)Nc2cc(Cl)ccc23)c1.Clc1ccccc1. The first-order valence-corrected chi connectivity index (χ1v) is 11.3. The first-order chi connectivity index (χ1) is 15.3. The summed E-state index contributed by atoms with van der Waals surface area (Å²) in [7, 11) is 0. The number of carbonyl (C=O) groups excluding carboxylic acids is 2. The van der Waals surface area contributed by atoms with Gasteiger partial charge in [-0.25, -0.2) is 0 Å². The highest BCUT2D eigenvalue weighted by atomic mass is 35.5. The van der Waals surface area contributed by atoms with Gasteiger partial charge in [0.25, 0.3) is 0 Å². The van der Waals surface area contributed by atoms with Crippen molar-refractivity contribution in [3.05, 3.63) is 99.0 Å². The number of anilines is 1. The second-order valence-corrected chi connectivity index (χ2v) is 9.14. The molecule has 3 aromatic carbocycles. The van der Waals surface area contributed by atoms with Gasteiger partial charge in [-0.2, -0.15) is 0 Å². The molecule has 32 heavy (non-hydrogen) atoms. The third kappa shape index (κ3) is 4.13. The van der Waals surface area contributed by atoms with Gasteiger partial charge >= 0.3 is 0 Å². The number of carbonyl (C=O) groups is 2. The van der Waals surface area contributed by atoms with Crippen molar-refractivity contribution in [2.75, 3.05) is 5.32 Å². The van der Waals surface area contributed by atoms with E-state index in [0.29, 0.717) is 17.9 Å². The van der Waals surface area contributed by atoms with Crippen molar-refractivity contribution in [1.29, 1.82) is 0 Å². The van der Waals surface area contributed by atoms with Gasteiger partial charge in [0, 0.05) is 22.2 Å². The van der Waals surface area contributed by atoms with Crippen LogP contribution in [-0.2, 0) is 15.0 Å². The minimum Gasteiger partial charge on any atom is -0.348 e. The third-order valence-corrected chi connectivity index (χ3v) is 6.63. The Morgan fingerprint density at radius 1 is 0.906 bits per heavy atom. The zero-order chi connectivity index (χ0) is 22.9. The monoisotopic (exact) mass is 466 g/mol. The molecule has 2 heterocycles. The molecule has 0 bridgehead atoms. The van der Waals surface area contributed by atoms with Crippen LogP contribution in [0.5, 0.6) is 0 Å². The van der Waals surface area contributed by atoms with Gasteiger partial charge in [-0.1, -0.05) is 71.2 Å². The Hall–Kier alpha value is -2.82. The van der Waals surface area contributed by atoms with Crippen LogP contribution in [0, 0.1) is 13.8 Å². The van der Waals surface area contributed by atoms with E-state index in [1.807, 2.05) is 62.4 Å². The summed E-state index contributed by atoms with van der Waals surface area (Å²) in [6, 6.07) is 20.7. The van der Waals surface area contributed by atoms with Gasteiger partial charge in [-0.3, -0.25) is 9.59 Å². The van der Waals surface area contributed by atoms with Gasteiger partial charge in [0.2, 0.25) is 11.8 Å². The Kier molecular flexibility index (Phi) is 6.27. The second kappa shape index (κ2) is 8.97. The van der Waals surface area contributed by atoms with Crippen molar-refractivity contribution in [3.63, 3.8) is 0 Å². The number of benzene rings is 3. The summed E-state index contributed by atoms with van der Waals surface area (Å²) in [4.78, 5) is 25.3. The molecule has 2 aliphatic rings. The predicted molar refractivity (Wildman–Crippen MR) is 129 cm³/mol. The van der Waals surface area contributed by atoms with Gasteiger partial charge < -0.3 is 10.6 Å². The van der Waals surface area contributed by atoms with Crippen LogP contribution in [0.25, 0.3) is 0 Å². The molecule has 1 spiro atoms. The summed E-state index contributed by atoms with van der Waals surface area (Å²) in [5.41, 5.74) is 4.01. The van der Waals surface area contributed by atoms with Crippen LogP contribution in [0.15, 0.2) is 66.7 Å². The molecule has 2 unspecified atom stereocenters. The highest BCUT2D eigenvalue weighted by Crippen LogP contribution is 2.51. The van der Waals surface area contributed by atoms with E-state index in [2.05, 4.69) is 16.7 Å². The molecule has 6 heteroatoms. The van der Waals surface area contributed by atoms with Crippen LogP contribution in [0.4, 0.5) is 5.69 Å². The molecule has 0 aromatic heterocycles. The van der Waals surface area contributed by atoms with Crippen LogP contribution in [0.3, 0.4) is 0 Å². The predicted octanol–water partition coefficient (Wildman–Crippen LogP) is 6.14. The number of amides is 2. The Balaban J connectivity index is 0.000000300. The van der Waals surface area contributed by atoms with E-state index in [1.165, 1.54) is 0 Å². The largest absolute Gasteiger partial charge is 0.348 e. The fourth-order valence-electron chi connectivity index (χ4n) is 4.54. The number of hydrogen-bond donors (Lipinski definition) is 2. The molecule has 2 amide bonds. The lowest BCUT2D eigenvalue weighted by molar-refractivity contribution is -0.130. The van der Waals surface area contributed by atoms with E-state index in [4.69, 9.17) is 23.2 Å². The number of hydrogen-bond acceptors (Lipinski definition) is 2. The standard InChI is InChI=1S/C20H19ClN2O2.C6H5Cl/c1-11-3-4-12(2)14(9-11)18-20(8-7-17(24)23-18)15-6-5-13(21)10-16(15)22-19(20)25;7-6-4-2-1-3-5-6/h3-6,9-10,18H,7-8H2,1-2H3,(H,22,25)(H,23,24);1-5H. The van der Waals surface area contributed by atoms with Crippen molar-refractivity contribution >= 4 is 40.7 Å². The average Bonchev–Trinajstić information content (AvgIpc) is 3.03. The fourth-order valence-corrected chi connectivity index (χ4v) is 4.86. The van der Waals surface area contributed by atoms with E-state index in [0.717, 1.165) is 33.0 Å². The number of halogens is 2. The summed E-state index contributed by atoms with van der Waals surface area (Å²) < 4.78 is 0. The summed E-state index contributed by atoms with van der Waals surface area (Å²) >= 11 is 11.6. The molecule has 2 aliphatic heterocycles. The average molecular weight is 467 g/mol. The Labute approximate surface area is 197 Å². The summed E-state index contributed by atoms with van der Waals surface area (Å²) in [6.45, 7) is 4.03. The van der Waals surface area contributed by atoms with E-state index in [-0.39, 0.29) is 11.8 Å². The molecule has 4 nitrogen and oxygen atoms in total. The van der Waals surface area contributed by atoms with Gasteiger partial charge in [-0.15, -0.1) is 0 Å². The van der Waals surface area contributed by atoms with Crippen LogP contribution in [0.1, 0.15) is 41.1 Å². The highest BCUT2D eigenvalue weighted by Gasteiger charge is 2.55. The Morgan fingerprint density at radius 3 is 2.34 bits per heavy atom. The maximum Gasteiger partial charge on any atom is 0.237 e. The van der Waals surface area contributed by atoms with Gasteiger partial charge in [0.05, 0.1) is 6.04 Å². The zero-order valence-corrected chi connectivity index (χ0v) is 19.4. The van der Waals surface area contributed by atoms with E-state index in [9.17, 15) is 9.59 Å². The Morgan fingerprint density at radius 2 is 1.66 bits per heavy atom. The zero-order valence-electron chi connectivity index (χ0n) is 17.9. The van der Waals surface area contributed by atoms with Crippen molar-refractivity contribution in [2.45, 2.75) is 38.1 Å². The summed E-state index contributed by atoms with van der Waals surface area (Å²) in [5, 5.41) is 7.44. The number of rotatable bonds is 1. The lowest BCUT2D eigenvalue weighted by atomic mass is 9.67. The molecule has 164 valence electrons. The molecule has 5 rings (SSSR count). The minimum atomic E-state index is -0.799. The van der Waals surface area contributed by atoms with Crippen LogP contribution in [-0.4, -0.2) is 11.8 Å². The lowest BCUT2D eigenvalue weighted by Gasteiger charge is -2.41. The Bertz CT molecular complexity index is 1180. The fraction of sp³-hybridized carbons (Fsp3) is 0.231. The van der Waals surface area contributed by atoms with E-state index < -0.39 is 11.5 Å². The van der Waals surface area contributed by atoms with Crippen molar-refractivity contribution in [2.24, 2.45) is 0 Å². The maximum atomic E-state index is 13.1. The van der Waals surface area contributed by atoms with Crippen molar-refractivity contribution < 1.29 is 9.59 Å². The quantitative estimate of drug-likeness (QED) is 0.452. The number of aryl methyl sites for hydroxylation is 2. The summed E-state index contributed by atoms with van der Waals surface area (Å²) in [6.07, 6.45) is 0.814. The second-order valence-electron chi connectivity index (χ2n) is 8.27. The lowest BCUT2D eigenvalue weighted by Crippen LogP contribution is -2.52. The minimum absolute atomic E-state index is 0.0215. The smallest absolute Gasteiger partial charge is 0.237 e. The first kappa shape index (κ1) is 22.4. The van der Waals surface area contributed by atoms with Crippen molar-refractivity contribution in [3.8, 4) is 0 Å². The first-order valence-electron chi connectivity index (χ1n) is 10.5. The third-order valence-electron chi connectivity index (χ3n) is 6.14. The van der Waals surface area contributed by atoms with Crippen LogP contribution in [0.2, 0.25) is 10.0 Å².